The van der Waals surface area contributed by atoms with Gasteiger partial charge in [0.1, 0.15) is 23.3 Å². The van der Waals surface area contributed by atoms with Crippen molar-refractivity contribution >= 4 is 0 Å². The number of aromatic amines is 1. The Morgan fingerprint density at radius 2 is 2.13 bits per heavy atom. The number of H-pyrrole nitrogens is 1. The van der Waals surface area contributed by atoms with E-state index in [-0.39, 0.29) is 6.10 Å². The Hall–Kier alpha value is -2.53. The summed E-state index contributed by atoms with van der Waals surface area (Å²) < 4.78 is 11.9. The molecule has 2 aromatic heterocycles. The van der Waals surface area contributed by atoms with E-state index in [1.54, 1.807) is 6.20 Å². The molecule has 23 heavy (non-hydrogen) atoms. The van der Waals surface area contributed by atoms with Crippen molar-refractivity contribution < 1.29 is 9.15 Å². The van der Waals surface area contributed by atoms with Crippen molar-refractivity contribution in [3.05, 3.63) is 60.0 Å². The number of aromatic nitrogens is 2. The van der Waals surface area contributed by atoms with Gasteiger partial charge >= 0.3 is 0 Å². The normalized spacial score (nSPS) is 16.5. The summed E-state index contributed by atoms with van der Waals surface area (Å²) in [4.78, 5) is 2.23. The molecule has 1 aliphatic rings. The van der Waals surface area contributed by atoms with Crippen LogP contribution in [0.15, 0.2) is 53.1 Å². The first kappa shape index (κ1) is 14.1. The van der Waals surface area contributed by atoms with Gasteiger partial charge in [0.2, 0.25) is 0 Å². The van der Waals surface area contributed by atoms with Crippen molar-refractivity contribution in [3.8, 4) is 17.2 Å². The van der Waals surface area contributed by atoms with Gasteiger partial charge in [-0.1, -0.05) is 18.2 Å². The summed E-state index contributed by atoms with van der Waals surface area (Å²) in [5.41, 5.74) is 2.19. The molecule has 3 aromatic rings. The van der Waals surface area contributed by atoms with Crippen LogP contribution in [0.4, 0.5) is 0 Å². The third-order valence-corrected chi connectivity index (χ3v) is 4.08. The molecule has 118 valence electrons. The zero-order valence-electron chi connectivity index (χ0n) is 13.0. The zero-order valence-corrected chi connectivity index (χ0v) is 13.0. The van der Waals surface area contributed by atoms with E-state index in [0.717, 1.165) is 42.5 Å². The fourth-order valence-corrected chi connectivity index (χ4v) is 3.03. The number of fused-ring (bicyclic) bond motifs is 1. The lowest BCUT2D eigenvalue weighted by atomic mass is 10.1. The molecular weight excluding hydrogens is 290 g/mol. The average molecular weight is 309 g/mol. The van der Waals surface area contributed by atoms with Gasteiger partial charge in [-0.05, 0) is 36.9 Å². The van der Waals surface area contributed by atoms with E-state index < -0.39 is 0 Å². The molecule has 0 radical (unpaired) electrons. The molecular formula is C18H19N3O2. The van der Waals surface area contributed by atoms with E-state index in [4.69, 9.17) is 9.15 Å². The van der Waals surface area contributed by atoms with Crippen LogP contribution in [0, 0.1) is 0 Å². The number of nitrogens with one attached hydrogen (secondary N) is 1. The number of benzene rings is 1. The maximum Gasteiger partial charge on any atom is 0.152 e. The maximum atomic E-state index is 5.99. The second-order valence-electron chi connectivity index (χ2n) is 5.98. The Balaban J connectivity index is 1.35. The second kappa shape index (κ2) is 5.93. The predicted octanol–water partition coefficient (Wildman–Crippen LogP) is 3.11. The van der Waals surface area contributed by atoms with Gasteiger partial charge < -0.3 is 9.15 Å². The molecule has 5 nitrogen and oxygen atoms in total. The summed E-state index contributed by atoms with van der Waals surface area (Å²) in [7, 11) is 2.09. The quantitative estimate of drug-likeness (QED) is 0.787. The highest BCUT2D eigenvalue weighted by Crippen LogP contribution is 2.28. The molecule has 3 heterocycles. The third-order valence-electron chi connectivity index (χ3n) is 4.08. The standard InChI is InChI=1S/C18H19N3O2/c1-21(12-15-10-13-4-2-3-5-17(13)23-15)11-14-6-7-18(22-14)16-8-9-19-20-16/h2-9,15H,10-12H2,1H3,(H,19,20). The van der Waals surface area contributed by atoms with E-state index in [9.17, 15) is 0 Å². The predicted molar refractivity (Wildman–Crippen MR) is 87.2 cm³/mol. The van der Waals surface area contributed by atoms with Crippen LogP contribution in [-0.2, 0) is 13.0 Å². The smallest absolute Gasteiger partial charge is 0.152 e. The van der Waals surface area contributed by atoms with Crippen molar-refractivity contribution in [2.45, 2.75) is 19.1 Å². The molecule has 0 aliphatic carbocycles. The van der Waals surface area contributed by atoms with Crippen LogP contribution in [-0.4, -0.2) is 34.8 Å². The van der Waals surface area contributed by atoms with Crippen molar-refractivity contribution in [2.75, 3.05) is 13.6 Å². The lowest BCUT2D eigenvalue weighted by Crippen LogP contribution is -2.31. The summed E-state index contributed by atoms with van der Waals surface area (Å²) in [6, 6.07) is 14.1. The summed E-state index contributed by atoms with van der Waals surface area (Å²) in [6.45, 7) is 1.62. The average Bonchev–Trinajstić information content (AvgIpc) is 3.26. The number of para-hydroxylation sites is 1. The van der Waals surface area contributed by atoms with E-state index in [1.165, 1.54) is 5.56 Å². The molecule has 0 fully saturated rings. The Kier molecular flexibility index (Phi) is 3.63. The molecule has 1 atom stereocenters. The van der Waals surface area contributed by atoms with Gasteiger partial charge in [-0.3, -0.25) is 10.00 Å². The number of furan rings is 1. The van der Waals surface area contributed by atoms with Crippen molar-refractivity contribution in [1.29, 1.82) is 0 Å². The molecule has 4 rings (SSSR count). The molecule has 0 bridgehead atoms. The first-order chi connectivity index (χ1) is 11.3. The second-order valence-corrected chi connectivity index (χ2v) is 5.98. The lowest BCUT2D eigenvalue weighted by Gasteiger charge is -2.19. The molecule has 5 heteroatoms. The van der Waals surface area contributed by atoms with E-state index in [1.807, 2.05) is 30.3 Å². The fourth-order valence-electron chi connectivity index (χ4n) is 3.03. The van der Waals surface area contributed by atoms with Crippen LogP contribution in [0.5, 0.6) is 5.75 Å². The SMILES string of the molecule is CN(Cc1ccc(-c2ccn[nH]2)o1)CC1Cc2ccccc2O1. The highest BCUT2D eigenvalue weighted by atomic mass is 16.5. The van der Waals surface area contributed by atoms with Gasteiger partial charge in [-0.15, -0.1) is 0 Å². The Labute approximate surface area is 134 Å². The Morgan fingerprint density at radius 1 is 1.22 bits per heavy atom. The first-order valence-electron chi connectivity index (χ1n) is 7.79. The Morgan fingerprint density at radius 3 is 2.96 bits per heavy atom. The molecule has 1 aromatic carbocycles. The Bertz CT molecular complexity index is 754. The maximum absolute atomic E-state index is 5.99. The van der Waals surface area contributed by atoms with Crippen molar-refractivity contribution in [3.63, 3.8) is 0 Å². The van der Waals surface area contributed by atoms with Crippen LogP contribution in [0.1, 0.15) is 11.3 Å². The van der Waals surface area contributed by atoms with Gasteiger partial charge in [-0.25, -0.2) is 0 Å². The van der Waals surface area contributed by atoms with Gasteiger partial charge in [0.25, 0.3) is 0 Å². The summed E-state index contributed by atoms with van der Waals surface area (Å²) >= 11 is 0. The molecule has 0 saturated heterocycles. The topological polar surface area (TPSA) is 54.3 Å². The number of likely N-dealkylation sites (N-methyl/N-ethyl adjacent to an activating group) is 1. The van der Waals surface area contributed by atoms with Gasteiger partial charge in [0.05, 0.1) is 6.54 Å². The highest BCUT2D eigenvalue weighted by molar-refractivity contribution is 5.51. The van der Waals surface area contributed by atoms with Crippen LogP contribution in [0.2, 0.25) is 0 Å². The van der Waals surface area contributed by atoms with Gasteiger partial charge in [0.15, 0.2) is 5.76 Å². The molecule has 0 spiro atoms. The molecule has 1 N–H and O–H groups in total. The summed E-state index contributed by atoms with van der Waals surface area (Å²) in [5, 5.41) is 6.86. The fraction of sp³-hybridized carbons (Fsp3) is 0.278. The van der Waals surface area contributed by atoms with E-state index in [2.05, 4.69) is 34.3 Å². The van der Waals surface area contributed by atoms with E-state index in [0.29, 0.717) is 0 Å². The minimum absolute atomic E-state index is 0.208. The lowest BCUT2D eigenvalue weighted by molar-refractivity contribution is 0.160. The van der Waals surface area contributed by atoms with Gasteiger partial charge in [0, 0.05) is 19.2 Å². The van der Waals surface area contributed by atoms with Crippen LogP contribution in [0.25, 0.3) is 11.5 Å². The van der Waals surface area contributed by atoms with Crippen molar-refractivity contribution in [1.82, 2.24) is 15.1 Å². The summed E-state index contributed by atoms with van der Waals surface area (Å²) in [5.74, 6) is 2.77. The van der Waals surface area contributed by atoms with Crippen LogP contribution in [0.3, 0.4) is 0 Å². The number of ether oxygens (including phenoxy) is 1. The first-order valence-corrected chi connectivity index (χ1v) is 7.79. The number of nitrogens with zero attached hydrogens (tertiary/aromatic N) is 2. The zero-order chi connectivity index (χ0) is 15.6. The largest absolute Gasteiger partial charge is 0.488 e. The molecule has 1 unspecified atom stereocenters. The number of rotatable bonds is 5. The minimum Gasteiger partial charge on any atom is -0.488 e. The molecule has 1 aliphatic heterocycles. The third kappa shape index (κ3) is 3.00. The summed E-state index contributed by atoms with van der Waals surface area (Å²) in [6.07, 6.45) is 2.90. The van der Waals surface area contributed by atoms with Crippen LogP contribution >= 0.6 is 0 Å². The van der Waals surface area contributed by atoms with E-state index >= 15 is 0 Å². The monoisotopic (exact) mass is 309 g/mol. The molecule has 0 amide bonds. The highest BCUT2D eigenvalue weighted by Gasteiger charge is 2.23. The number of hydrogen-bond donors (Lipinski definition) is 1. The van der Waals surface area contributed by atoms with Gasteiger partial charge in [-0.2, -0.15) is 5.10 Å². The minimum atomic E-state index is 0.208. The van der Waals surface area contributed by atoms with Crippen LogP contribution < -0.4 is 4.74 Å². The number of hydrogen-bond acceptors (Lipinski definition) is 4. The van der Waals surface area contributed by atoms with Crippen molar-refractivity contribution in [2.24, 2.45) is 0 Å². The molecule has 0 saturated carbocycles.